The monoisotopic (exact) mass is 1770 g/mol. The van der Waals surface area contributed by atoms with Crippen LogP contribution in [0.1, 0.15) is 89.9 Å². The van der Waals surface area contributed by atoms with Crippen molar-refractivity contribution in [3.05, 3.63) is 298 Å². The lowest BCUT2D eigenvalue weighted by atomic mass is 9.92. The van der Waals surface area contributed by atoms with E-state index in [0.717, 1.165) is 105 Å². The maximum absolute atomic E-state index is 12.2. The van der Waals surface area contributed by atoms with E-state index < -0.39 is 16.1 Å². The number of aromatic nitrogens is 6. The first-order valence-corrected chi connectivity index (χ1v) is 45.4. The average molecular weight is 1780 g/mol. The molecule has 7 fully saturated rings. The molecular weight excluding hydrogens is 1650 g/mol. The largest absolute Gasteiger partial charge is 0.464 e. The molecule has 658 valence electrons. The van der Waals surface area contributed by atoms with Gasteiger partial charge in [-0.3, -0.25) is 43.9 Å². The number of aromatic amines is 2. The van der Waals surface area contributed by atoms with E-state index in [1.807, 2.05) is 94.4 Å². The van der Waals surface area contributed by atoms with Gasteiger partial charge < -0.3 is 40.9 Å². The van der Waals surface area contributed by atoms with Crippen molar-refractivity contribution in [2.45, 2.75) is 70.1 Å². The number of carbonyl (C=O) groups is 1. The van der Waals surface area contributed by atoms with Crippen LogP contribution in [0.5, 0.6) is 0 Å². The zero-order valence-corrected chi connectivity index (χ0v) is 76.7. The minimum atomic E-state index is -3.39. The Morgan fingerprint density at radius 2 is 0.927 bits per heavy atom. The minimum Gasteiger partial charge on any atom is -0.464 e. The number of ether oxygens (including phenoxy) is 1. The molecule has 0 amide bonds. The van der Waals surface area contributed by atoms with E-state index in [0.29, 0.717) is 29.1 Å². The number of aliphatic hydroxyl groups is 1. The number of hydrogen-bond donors (Lipinski definition) is 6. The van der Waals surface area contributed by atoms with Gasteiger partial charge >= 0.3 is 5.97 Å². The third kappa shape index (κ3) is 25.8. The molecule has 0 saturated carbocycles. The summed E-state index contributed by atoms with van der Waals surface area (Å²) >= 11 is 6.35. The highest BCUT2D eigenvalue weighted by molar-refractivity contribution is 7.86. The fourth-order valence-corrected chi connectivity index (χ4v) is 18.4. The number of nitrogens with two attached hydrogens (primary N) is 1. The molecule has 8 aromatic carbocycles. The number of pyridine rings is 1. The van der Waals surface area contributed by atoms with Crippen LogP contribution >= 0.6 is 48.4 Å². The maximum Gasteiger partial charge on any atom is 0.358 e. The first kappa shape index (κ1) is 95.5. The Morgan fingerprint density at radius 3 is 1.31 bits per heavy atom. The first-order valence-electron chi connectivity index (χ1n) is 42.3. The summed E-state index contributed by atoms with van der Waals surface area (Å²) in [6, 6.07) is 77.7. The fourth-order valence-electron chi connectivity index (χ4n) is 16.6. The van der Waals surface area contributed by atoms with Gasteiger partial charge in [0, 0.05) is 172 Å². The number of nitrogens with zero attached hydrogens (tertiary/aromatic N) is 12. The van der Waals surface area contributed by atoms with Crippen molar-refractivity contribution < 1.29 is 27.2 Å². The number of fused-ring (bicyclic) bond motifs is 2. The molecule has 0 radical (unpaired) electrons. The van der Waals surface area contributed by atoms with Crippen molar-refractivity contribution in [2.75, 3.05) is 165 Å². The molecule has 19 rings (SSSR count). The number of carbonyl (C=O) groups excluding carboxylic acids is 1. The molecule has 28 heteroatoms. The van der Waals surface area contributed by atoms with Crippen LogP contribution in [0.15, 0.2) is 231 Å². The van der Waals surface area contributed by atoms with Gasteiger partial charge in [0.05, 0.1) is 59.2 Å². The van der Waals surface area contributed by atoms with E-state index in [1.54, 1.807) is 12.4 Å². The summed E-state index contributed by atoms with van der Waals surface area (Å²) in [5.41, 5.74) is 22.5. The standard InChI is InChI=1S/C21H27N3.C19H16N4O2S.C17H19NO3S.C16H17NO.C10H11N3S.C8H17N3.C5H12N2.2ClH/c1-22-12-14-23(15-13-22)20-16-24(17-20)21(18-8-4-2-5-9-18)19-10-6-3-7-11-19;1-10-7-11(2)14-13(8-10)15(23-22-14)18-21-16(19(24)25-3)17(26-18)12-5-4-6-20-9-12;1-22(19,20)21-16-12-18(13-16)17(14-8-4-2-5-9-14)15-10-6-3-7-11-15;18-15-11-17(12-15)16(13-7-3-1-4-8-13)14-9-5-2-6-10-14;1-5-3-6(2)8-7(4-5)9(10(11)14)13-12-8;1-10-2-4-11(5-3-10)8-6-9-7-8;1-7-4-2-6-3-5-7;;/h2-11,20-21H,12-17H2,1H3;4-9H,1-3H3,(H,22,23);2-11,16-17H,12-13H2,1H3;1-10,15-16,18H,11-12H2;3-4H,1-2H3,(H2,11,14)(H,12,13);8-9H,2-7H2,1H3;6H,2-5H2,1H3;2*1H. The number of benzene rings is 8. The van der Waals surface area contributed by atoms with Gasteiger partial charge in [-0.25, -0.2) is 9.78 Å². The molecule has 0 bridgehead atoms. The number of thiazole rings is 1. The lowest BCUT2D eigenvalue weighted by molar-refractivity contribution is -0.0160. The van der Waals surface area contributed by atoms with Crippen LogP contribution in [0.4, 0.5) is 0 Å². The quantitative estimate of drug-likeness (QED) is 0.0282. The third-order valence-electron chi connectivity index (χ3n) is 23.3. The lowest BCUT2D eigenvalue weighted by Gasteiger charge is -2.50. The molecule has 0 spiro atoms. The van der Waals surface area contributed by atoms with E-state index >= 15 is 0 Å². The Bertz CT molecular complexity index is 5250. The summed E-state index contributed by atoms with van der Waals surface area (Å²) < 4.78 is 32.4. The molecule has 124 heavy (non-hydrogen) atoms. The molecule has 0 unspecified atom stereocenters. The van der Waals surface area contributed by atoms with Gasteiger partial charge in [-0.2, -0.15) is 18.6 Å². The number of likely N-dealkylation sites (N-methyl/N-ethyl adjacent to an activating group) is 3. The van der Waals surface area contributed by atoms with Gasteiger partial charge in [0.25, 0.3) is 10.1 Å². The molecule has 7 saturated heterocycles. The van der Waals surface area contributed by atoms with E-state index in [4.69, 9.17) is 26.9 Å². The molecule has 12 aromatic rings. The highest BCUT2D eigenvalue weighted by atomic mass is 35.5. The second-order valence-electron chi connectivity index (χ2n) is 32.8. The number of likely N-dealkylation sites (tertiary alicyclic amines) is 3. The first-order chi connectivity index (χ1) is 59.1. The van der Waals surface area contributed by atoms with Crippen molar-refractivity contribution in [3.63, 3.8) is 0 Å². The molecular formula is C96H121Cl2N17O6S3. The molecule has 7 aliphatic rings. The van der Waals surface area contributed by atoms with Crippen LogP contribution in [0.25, 0.3) is 42.9 Å². The van der Waals surface area contributed by atoms with Crippen LogP contribution in [-0.4, -0.2) is 284 Å². The molecule has 0 atom stereocenters. The average Bonchev–Trinajstić information content (AvgIpc) is 1.55. The van der Waals surface area contributed by atoms with Gasteiger partial charge in [-0.05, 0) is 112 Å². The number of β-amino-alcohol motifs (C(OH)–C–C–N with tert-alkyl or cyclic N) is 1. The zero-order valence-electron chi connectivity index (χ0n) is 72.6. The van der Waals surface area contributed by atoms with Crippen LogP contribution in [0.2, 0.25) is 0 Å². The summed E-state index contributed by atoms with van der Waals surface area (Å²) in [7, 11) is 4.55. The number of aliphatic hydroxyl groups excluding tert-OH is 1. The maximum atomic E-state index is 12.2. The predicted octanol–water partition coefficient (Wildman–Crippen LogP) is 13.1. The highest BCUT2D eigenvalue weighted by Crippen LogP contribution is 2.40. The number of thiocarbonyl (C=S) groups is 1. The number of esters is 1. The Kier molecular flexibility index (Phi) is 35.7. The van der Waals surface area contributed by atoms with Gasteiger partial charge in [-0.1, -0.05) is 224 Å². The molecule has 0 aliphatic carbocycles. The van der Waals surface area contributed by atoms with Gasteiger partial charge in [0.1, 0.15) is 21.8 Å². The number of halogens is 2. The molecule has 11 heterocycles. The SMILES string of the molecule is CN1CCN(C2CN(C(c3ccccc3)c3ccccc3)C2)CC1.CN1CCN(C2CNC2)CC1.CN1CCNCC1.COC(=O)c1nc(-c2[nH]nc3c(C)cc(C)cc23)sc1-c1cccnc1.CS(=O)(=O)OC1CN(C(c2ccccc2)c2ccccc2)C1.Cc1cc(C)c2n[nH]c(C(N)=S)c2c1.Cl.Cl.OC1CN(C(c2ccccc2)c2ccccc2)C1. The van der Waals surface area contributed by atoms with Crippen molar-refractivity contribution in [3.8, 4) is 21.1 Å². The molecule has 7 N–H and O–H groups in total. The zero-order chi connectivity index (χ0) is 85.7. The van der Waals surface area contributed by atoms with Gasteiger partial charge in [-0.15, -0.1) is 36.2 Å². The van der Waals surface area contributed by atoms with Crippen molar-refractivity contribution in [2.24, 2.45) is 5.73 Å². The van der Waals surface area contributed by atoms with Gasteiger partial charge in [0.15, 0.2) is 5.69 Å². The van der Waals surface area contributed by atoms with Crippen LogP contribution in [-0.2, 0) is 19.0 Å². The number of rotatable bonds is 17. The molecule has 23 nitrogen and oxygen atoms in total. The number of hydrogen-bond acceptors (Lipinski definition) is 22. The number of H-pyrrole nitrogens is 2. The van der Waals surface area contributed by atoms with Crippen LogP contribution in [0, 0.1) is 27.7 Å². The summed E-state index contributed by atoms with van der Waals surface area (Å²) in [6.45, 7) is 30.3. The van der Waals surface area contributed by atoms with Crippen molar-refractivity contribution in [1.82, 2.24) is 80.2 Å². The summed E-state index contributed by atoms with van der Waals surface area (Å²) in [6.07, 6.45) is 4.09. The molecule has 4 aromatic heterocycles. The van der Waals surface area contributed by atoms with Crippen LogP contribution in [0.3, 0.4) is 0 Å². The van der Waals surface area contributed by atoms with Crippen LogP contribution < -0.4 is 16.4 Å². The third-order valence-corrected chi connectivity index (χ3v) is 25.3. The highest BCUT2D eigenvalue weighted by Gasteiger charge is 2.40. The summed E-state index contributed by atoms with van der Waals surface area (Å²) in [4.78, 5) is 41.7. The second-order valence-corrected chi connectivity index (χ2v) is 35.8. The Balaban J connectivity index is 0.000000144. The van der Waals surface area contributed by atoms with E-state index in [9.17, 15) is 18.3 Å². The number of piperazine rings is 3. The second kappa shape index (κ2) is 46.4. The minimum absolute atomic E-state index is 0. The number of nitrogens with one attached hydrogen (secondary N) is 4. The van der Waals surface area contributed by atoms with Crippen molar-refractivity contribution in [1.29, 1.82) is 0 Å². The van der Waals surface area contributed by atoms with Gasteiger partial charge in [0.2, 0.25) is 0 Å². The normalized spacial score (nSPS) is 17.1. The summed E-state index contributed by atoms with van der Waals surface area (Å²) in [5, 5.41) is 33.4. The summed E-state index contributed by atoms with van der Waals surface area (Å²) in [5.74, 6) is -0.470. The Hall–Kier alpha value is -9.11. The smallest absolute Gasteiger partial charge is 0.358 e. The topological polar surface area (TPSA) is 249 Å². The van der Waals surface area contributed by atoms with Crippen molar-refractivity contribution >= 4 is 91.3 Å². The fraction of sp³-hybridized carbons (Fsp3) is 0.375. The number of aryl methyl sites for hydroxylation is 4. The van der Waals surface area contributed by atoms with E-state index in [-0.39, 0.29) is 54.8 Å². The Labute approximate surface area is 753 Å². The predicted molar refractivity (Wildman–Crippen MR) is 511 cm³/mol. The van der Waals surface area contributed by atoms with E-state index in [1.165, 1.54) is 149 Å². The molecule has 7 aliphatic heterocycles. The van der Waals surface area contributed by atoms with E-state index in [2.05, 4.69) is 253 Å². The lowest BCUT2D eigenvalue weighted by Crippen LogP contribution is -2.63. The Morgan fingerprint density at radius 1 is 0.524 bits per heavy atom. The number of methoxy groups -OCH3 is 1.